The van der Waals surface area contributed by atoms with E-state index in [0.29, 0.717) is 32.1 Å². The van der Waals surface area contributed by atoms with Gasteiger partial charge in [-0.05, 0) is 52.3 Å². The average molecular weight is 568 g/mol. The highest BCUT2D eigenvalue weighted by atomic mass is 127. The predicted octanol–water partition coefficient (Wildman–Crippen LogP) is 2.60. The molecule has 0 saturated carbocycles. The molecule has 31 heavy (non-hydrogen) atoms. The van der Waals surface area contributed by atoms with Crippen LogP contribution in [0.2, 0.25) is 0 Å². The van der Waals surface area contributed by atoms with Crippen molar-refractivity contribution in [3.8, 4) is 0 Å². The summed E-state index contributed by atoms with van der Waals surface area (Å²) < 4.78 is 26.5. The van der Waals surface area contributed by atoms with E-state index in [9.17, 15) is 13.2 Å². The molecule has 8 nitrogen and oxygen atoms in total. The van der Waals surface area contributed by atoms with E-state index < -0.39 is 10.0 Å². The second-order valence-electron chi connectivity index (χ2n) is 7.35. The molecule has 0 aliphatic rings. The lowest BCUT2D eigenvalue weighted by molar-refractivity contribution is -0.131. The van der Waals surface area contributed by atoms with Gasteiger partial charge in [0.2, 0.25) is 15.9 Å². The van der Waals surface area contributed by atoms with Crippen LogP contribution in [0, 0.1) is 0 Å². The second kappa shape index (κ2) is 13.9. The molecule has 0 heterocycles. The van der Waals surface area contributed by atoms with Crippen molar-refractivity contribution in [3.63, 3.8) is 0 Å². The monoisotopic (exact) mass is 567 g/mol. The number of guanidine groups is 1. The van der Waals surface area contributed by atoms with Crippen molar-refractivity contribution in [2.75, 3.05) is 40.3 Å². The van der Waals surface area contributed by atoms with E-state index in [1.54, 1.807) is 41.1 Å². The fraction of sp³-hybridized carbons (Fsp3) is 0.619. The number of carbonyl (C=O) groups is 1. The second-order valence-corrected chi connectivity index (χ2v) is 9.35. The highest BCUT2D eigenvalue weighted by Gasteiger charge is 2.22. The van der Waals surface area contributed by atoms with E-state index in [2.05, 4.69) is 10.3 Å². The normalized spacial score (nSPS) is 12.0. The van der Waals surface area contributed by atoms with Gasteiger partial charge < -0.3 is 15.1 Å². The van der Waals surface area contributed by atoms with Crippen molar-refractivity contribution in [2.45, 2.75) is 52.1 Å². The molecule has 0 aromatic heterocycles. The molecule has 0 atom stereocenters. The molecule has 0 unspecified atom stereocenters. The maximum atomic E-state index is 12.6. The molecule has 0 fully saturated rings. The number of aliphatic imine (C=N–C) groups is 1. The fourth-order valence-electron chi connectivity index (χ4n) is 2.80. The summed E-state index contributed by atoms with van der Waals surface area (Å²) in [4.78, 5) is 20.8. The first-order valence-electron chi connectivity index (χ1n) is 10.4. The highest BCUT2D eigenvalue weighted by Crippen LogP contribution is 2.17. The van der Waals surface area contributed by atoms with Crippen molar-refractivity contribution < 1.29 is 13.2 Å². The summed E-state index contributed by atoms with van der Waals surface area (Å²) in [6.07, 6.45) is 0. The van der Waals surface area contributed by atoms with Crippen LogP contribution in [0.25, 0.3) is 0 Å². The van der Waals surface area contributed by atoms with Crippen LogP contribution >= 0.6 is 24.0 Å². The lowest BCUT2D eigenvalue weighted by atomic mass is 10.2. The largest absolute Gasteiger partial charge is 0.357 e. The van der Waals surface area contributed by atoms with E-state index in [1.165, 1.54) is 4.31 Å². The van der Waals surface area contributed by atoms with Gasteiger partial charge in [0, 0.05) is 39.8 Å². The van der Waals surface area contributed by atoms with E-state index in [1.807, 2.05) is 41.7 Å². The Kier molecular flexibility index (Phi) is 13.3. The topological polar surface area (TPSA) is 85.3 Å². The molecule has 1 N–H and O–H groups in total. The summed E-state index contributed by atoms with van der Waals surface area (Å²) in [5.74, 6) is 0.686. The van der Waals surface area contributed by atoms with Gasteiger partial charge in [-0.25, -0.2) is 13.4 Å². The quantitative estimate of drug-likeness (QED) is 0.267. The van der Waals surface area contributed by atoms with Crippen LogP contribution in [0.1, 0.15) is 40.2 Å². The molecular weight excluding hydrogens is 529 g/mol. The Labute approximate surface area is 205 Å². The van der Waals surface area contributed by atoms with Gasteiger partial charge in [0.15, 0.2) is 5.96 Å². The van der Waals surface area contributed by atoms with Crippen LogP contribution < -0.4 is 5.32 Å². The number of nitrogens with zero attached hydrogens (tertiary/aromatic N) is 4. The molecule has 178 valence electrons. The zero-order valence-electron chi connectivity index (χ0n) is 19.8. The SMILES string of the molecule is CCNC(=NCc1ccc(S(=O)(=O)N(C)C(C)C)cc1)N(C)CC(=O)N(CC)CC.I. The minimum absolute atomic E-state index is 0. The number of amides is 1. The summed E-state index contributed by atoms with van der Waals surface area (Å²) in [6, 6.07) is 6.65. The lowest BCUT2D eigenvalue weighted by Gasteiger charge is -2.25. The Morgan fingerprint density at radius 2 is 1.61 bits per heavy atom. The minimum atomic E-state index is -3.50. The number of benzene rings is 1. The predicted molar refractivity (Wildman–Crippen MR) is 137 cm³/mol. The summed E-state index contributed by atoms with van der Waals surface area (Å²) in [7, 11) is -0.0871. The summed E-state index contributed by atoms with van der Waals surface area (Å²) in [6.45, 7) is 12.2. The zero-order chi connectivity index (χ0) is 22.9. The third-order valence-electron chi connectivity index (χ3n) is 4.92. The smallest absolute Gasteiger partial charge is 0.243 e. The Morgan fingerprint density at radius 1 is 1.06 bits per heavy atom. The van der Waals surface area contributed by atoms with Crippen LogP contribution in [0.4, 0.5) is 0 Å². The van der Waals surface area contributed by atoms with Gasteiger partial charge in [-0.1, -0.05) is 12.1 Å². The van der Waals surface area contributed by atoms with Crippen LogP contribution in [-0.2, 0) is 21.4 Å². The Bertz CT molecular complexity index is 809. The molecule has 0 bridgehead atoms. The first-order valence-corrected chi connectivity index (χ1v) is 11.9. The number of rotatable bonds is 10. The Morgan fingerprint density at radius 3 is 2.06 bits per heavy atom. The molecule has 0 radical (unpaired) electrons. The maximum absolute atomic E-state index is 12.6. The highest BCUT2D eigenvalue weighted by molar-refractivity contribution is 14.0. The number of carbonyl (C=O) groups excluding carboxylic acids is 1. The van der Waals surface area contributed by atoms with Gasteiger partial charge in [-0.2, -0.15) is 4.31 Å². The summed E-state index contributed by atoms with van der Waals surface area (Å²) in [5, 5.41) is 3.20. The van der Waals surface area contributed by atoms with Crippen LogP contribution in [0.5, 0.6) is 0 Å². The molecule has 1 aromatic carbocycles. The van der Waals surface area contributed by atoms with E-state index >= 15 is 0 Å². The third-order valence-corrected chi connectivity index (χ3v) is 6.97. The van der Waals surface area contributed by atoms with Gasteiger partial charge in [0.25, 0.3) is 0 Å². The molecule has 0 aliphatic heterocycles. The fourth-order valence-corrected chi connectivity index (χ4v) is 4.17. The molecule has 10 heteroatoms. The Balaban J connectivity index is 0.00000900. The van der Waals surface area contributed by atoms with Gasteiger partial charge in [0.1, 0.15) is 0 Å². The molecular formula is C21H38IN5O3S. The maximum Gasteiger partial charge on any atom is 0.243 e. The molecule has 1 amide bonds. The minimum Gasteiger partial charge on any atom is -0.357 e. The standard InChI is InChI=1S/C21H37N5O3S.HI/c1-8-22-21(24(6)16-20(27)26(9-2)10-3)23-15-18-11-13-19(14-12-18)30(28,29)25(7)17(4)5;/h11-14,17H,8-10,15-16H2,1-7H3,(H,22,23);1H. The molecule has 0 aliphatic carbocycles. The number of halogens is 1. The van der Waals surface area contributed by atoms with Crippen molar-refractivity contribution in [3.05, 3.63) is 29.8 Å². The molecule has 0 saturated heterocycles. The van der Waals surface area contributed by atoms with Gasteiger partial charge >= 0.3 is 0 Å². The summed E-state index contributed by atoms with van der Waals surface area (Å²) in [5.41, 5.74) is 0.889. The number of likely N-dealkylation sites (N-methyl/N-ethyl adjacent to an activating group) is 2. The van der Waals surface area contributed by atoms with Crippen molar-refractivity contribution >= 4 is 45.9 Å². The number of nitrogens with one attached hydrogen (secondary N) is 1. The molecule has 1 rings (SSSR count). The number of hydrogen-bond donors (Lipinski definition) is 1. The van der Waals surface area contributed by atoms with E-state index in [4.69, 9.17) is 0 Å². The van der Waals surface area contributed by atoms with Crippen molar-refractivity contribution in [2.24, 2.45) is 4.99 Å². The van der Waals surface area contributed by atoms with E-state index in [0.717, 1.165) is 5.56 Å². The zero-order valence-corrected chi connectivity index (χ0v) is 22.9. The van der Waals surface area contributed by atoms with Crippen LogP contribution in [0.3, 0.4) is 0 Å². The van der Waals surface area contributed by atoms with Gasteiger partial charge in [-0.3, -0.25) is 4.79 Å². The third kappa shape index (κ3) is 8.57. The first-order chi connectivity index (χ1) is 14.1. The van der Waals surface area contributed by atoms with Gasteiger partial charge in [0.05, 0.1) is 18.0 Å². The Hall–Kier alpha value is -1.40. The summed E-state index contributed by atoms with van der Waals surface area (Å²) >= 11 is 0. The molecule has 1 aromatic rings. The number of hydrogen-bond acceptors (Lipinski definition) is 4. The van der Waals surface area contributed by atoms with E-state index in [-0.39, 0.29) is 47.4 Å². The van der Waals surface area contributed by atoms with Gasteiger partial charge in [-0.15, -0.1) is 24.0 Å². The average Bonchev–Trinajstić information content (AvgIpc) is 2.71. The molecule has 0 spiro atoms. The van der Waals surface area contributed by atoms with Crippen LogP contribution in [0.15, 0.2) is 34.2 Å². The van der Waals surface area contributed by atoms with Crippen molar-refractivity contribution in [1.29, 1.82) is 0 Å². The lowest BCUT2D eigenvalue weighted by Crippen LogP contribution is -2.45. The number of sulfonamides is 1. The van der Waals surface area contributed by atoms with Crippen molar-refractivity contribution in [1.82, 2.24) is 19.4 Å². The first kappa shape index (κ1) is 29.6. The van der Waals surface area contributed by atoms with Crippen LogP contribution in [-0.4, -0.2) is 80.7 Å².